The van der Waals surface area contributed by atoms with E-state index in [0.717, 1.165) is 0 Å². The largest absolute Gasteiger partial charge is 0.508 e. The number of phenolic OH excluding ortho intramolecular Hbond substituents is 1. The smallest absolute Gasteiger partial charge is 0.229 e. The highest BCUT2D eigenvalue weighted by Crippen LogP contribution is 2.25. The minimum atomic E-state index is -1.48. The third-order valence-corrected chi connectivity index (χ3v) is 2.94. The van der Waals surface area contributed by atoms with Gasteiger partial charge in [0.15, 0.2) is 0 Å². The molecule has 1 heterocycles. The summed E-state index contributed by atoms with van der Waals surface area (Å²) in [6.07, 6.45) is -6.58. The van der Waals surface area contributed by atoms with Crippen molar-refractivity contribution in [2.24, 2.45) is 0 Å². The molecule has 7 heteroatoms. The molecule has 0 radical (unpaired) electrons. The summed E-state index contributed by atoms with van der Waals surface area (Å²) in [7, 11) is 0. The van der Waals surface area contributed by atoms with Crippen LogP contribution >= 0.6 is 0 Å². The van der Waals surface area contributed by atoms with Gasteiger partial charge in [-0.05, 0) is 24.3 Å². The third-order valence-electron chi connectivity index (χ3n) is 2.94. The van der Waals surface area contributed by atoms with Gasteiger partial charge >= 0.3 is 0 Å². The minimum Gasteiger partial charge on any atom is -0.508 e. The Labute approximate surface area is 109 Å². The molecule has 5 N–H and O–H groups in total. The van der Waals surface area contributed by atoms with Crippen molar-refractivity contribution in [2.75, 3.05) is 6.61 Å². The number of benzene rings is 1. The van der Waals surface area contributed by atoms with Crippen LogP contribution in [0.2, 0.25) is 0 Å². The van der Waals surface area contributed by atoms with Gasteiger partial charge in [-0.25, -0.2) is 0 Å². The second-order valence-electron chi connectivity index (χ2n) is 4.31. The van der Waals surface area contributed by atoms with E-state index in [-0.39, 0.29) is 5.75 Å². The monoisotopic (exact) mass is 272 g/mol. The lowest BCUT2D eigenvalue weighted by Crippen LogP contribution is -2.60. The molecule has 0 amide bonds. The summed E-state index contributed by atoms with van der Waals surface area (Å²) in [6, 6.07) is 5.69. The molecule has 1 fully saturated rings. The molecule has 0 saturated carbocycles. The summed E-state index contributed by atoms with van der Waals surface area (Å²) in [5, 5.41) is 47.1. The number of aliphatic hydroxyl groups excluding tert-OH is 4. The van der Waals surface area contributed by atoms with Crippen LogP contribution in [0.1, 0.15) is 0 Å². The van der Waals surface area contributed by atoms with Gasteiger partial charge in [0.25, 0.3) is 0 Å². The maximum absolute atomic E-state index is 9.75. The SMILES string of the molecule is OCC1OC(Oc2ccc(O)cc2)[C@@H](O)[C@@H](O)[C@H]1O. The summed E-state index contributed by atoms with van der Waals surface area (Å²) >= 11 is 0. The van der Waals surface area contributed by atoms with Crippen LogP contribution in [-0.2, 0) is 4.74 Å². The van der Waals surface area contributed by atoms with Crippen molar-refractivity contribution in [3.63, 3.8) is 0 Å². The van der Waals surface area contributed by atoms with E-state index < -0.39 is 37.3 Å². The summed E-state index contributed by atoms with van der Waals surface area (Å²) in [5.41, 5.74) is 0. The number of rotatable bonds is 3. The van der Waals surface area contributed by atoms with Crippen LogP contribution in [0.4, 0.5) is 0 Å². The van der Waals surface area contributed by atoms with E-state index in [2.05, 4.69) is 0 Å². The Morgan fingerprint density at radius 2 is 1.63 bits per heavy atom. The predicted octanol–water partition coefficient (Wildman–Crippen LogP) is -1.43. The Morgan fingerprint density at radius 1 is 1.00 bits per heavy atom. The van der Waals surface area contributed by atoms with Crippen molar-refractivity contribution in [3.05, 3.63) is 24.3 Å². The number of aromatic hydroxyl groups is 1. The summed E-state index contributed by atoms with van der Waals surface area (Å²) in [4.78, 5) is 0. The fraction of sp³-hybridized carbons (Fsp3) is 0.500. The predicted molar refractivity (Wildman–Crippen MR) is 62.5 cm³/mol. The molecule has 7 nitrogen and oxygen atoms in total. The first-order chi connectivity index (χ1) is 9.02. The molecular weight excluding hydrogens is 256 g/mol. The van der Waals surface area contributed by atoms with Crippen molar-refractivity contribution in [1.29, 1.82) is 0 Å². The zero-order valence-corrected chi connectivity index (χ0v) is 9.96. The van der Waals surface area contributed by atoms with Gasteiger partial charge in [0.2, 0.25) is 6.29 Å². The number of ether oxygens (including phenoxy) is 2. The highest BCUT2D eigenvalue weighted by atomic mass is 16.7. The normalized spacial score (nSPS) is 35.1. The third kappa shape index (κ3) is 2.96. The molecule has 0 aromatic heterocycles. The molecule has 5 atom stereocenters. The van der Waals surface area contributed by atoms with Crippen LogP contribution in [0.25, 0.3) is 0 Å². The van der Waals surface area contributed by atoms with E-state index in [0.29, 0.717) is 5.75 Å². The van der Waals surface area contributed by atoms with Gasteiger partial charge in [0.1, 0.15) is 35.9 Å². The van der Waals surface area contributed by atoms with Crippen LogP contribution in [0.5, 0.6) is 11.5 Å². The molecule has 1 aliphatic rings. The number of hydrogen-bond donors (Lipinski definition) is 5. The zero-order valence-electron chi connectivity index (χ0n) is 9.96. The van der Waals surface area contributed by atoms with Crippen LogP contribution in [0.15, 0.2) is 24.3 Å². The van der Waals surface area contributed by atoms with Crippen LogP contribution < -0.4 is 4.74 Å². The lowest BCUT2D eigenvalue weighted by Gasteiger charge is -2.39. The molecule has 0 spiro atoms. The Hall–Kier alpha value is -1.38. The molecule has 106 valence electrons. The topological polar surface area (TPSA) is 120 Å². The maximum Gasteiger partial charge on any atom is 0.229 e. The molecular formula is C12H16O7. The van der Waals surface area contributed by atoms with Crippen LogP contribution in [0, 0.1) is 0 Å². The standard InChI is InChI=1S/C12H16O7/c13-5-8-9(15)10(16)11(17)12(19-8)18-7-3-1-6(14)2-4-7/h1-4,8-17H,5H2/t8?,9-,10-,11-,12?/m0/s1. The molecule has 19 heavy (non-hydrogen) atoms. The van der Waals surface area contributed by atoms with Gasteiger partial charge in [-0.15, -0.1) is 0 Å². The highest BCUT2D eigenvalue weighted by molar-refractivity contribution is 5.30. The quantitative estimate of drug-likeness (QED) is 0.457. The first kappa shape index (κ1) is 14.0. The van der Waals surface area contributed by atoms with E-state index in [4.69, 9.17) is 19.7 Å². The first-order valence-corrected chi connectivity index (χ1v) is 5.79. The molecule has 2 rings (SSSR count). The lowest BCUT2D eigenvalue weighted by atomic mass is 9.99. The zero-order chi connectivity index (χ0) is 14.0. The summed E-state index contributed by atoms with van der Waals surface area (Å²) < 4.78 is 10.5. The second kappa shape index (κ2) is 5.72. The van der Waals surface area contributed by atoms with Gasteiger partial charge in [-0.1, -0.05) is 0 Å². The Bertz CT molecular complexity index is 405. The summed E-state index contributed by atoms with van der Waals surface area (Å²) in [6.45, 7) is -0.514. The second-order valence-corrected chi connectivity index (χ2v) is 4.31. The Morgan fingerprint density at radius 3 is 2.21 bits per heavy atom. The summed E-state index contributed by atoms with van der Waals surface area (Å²) in [5.74, 6) is 0.364. The van der Waals surface area contributed by atoms with Gasteiger partial charge in [0, 0.05) is 0 Å². The molecule has 0 bridgehead atoms. The maximum atomic E-state index is 9.75. The van der Waals surface area contributed by atoms with Crippen molar-refractivity contribution < 1.29 is 35.0 Å². The van der Waals surface area contributed by atoms with Crippen molar-refractivity contribution in [3.8, 4) is 11.5 Å². The van der Waals surface area contributed by atoms with E-state index in [1.165, 1.54) is 24.3 Å². The van der Waals surface area contributed by atoms with Crippen LogP contribution in [-0.4, -0.2) is 62.8 Å². The Balaban J connectivity index is 2.08. The molecule has 2 unspecified atom stereocenters. The van der Waals surface area contributed by atoms with Crippen molar-refractivity contribution in [2.45, 2.75) is 30.7 Å². The number of hydrogen-bond acceptors (Lipinski definition) is 7. The van der Waals surface area contributed by atoms with E-state index in [1.54, 1.807) is 0 Å². The van der Waals surface area contributed by atoms with Crippen LogP contribution in [0.3, 0.4) is 0 Å². The van der Waals surface area contributed by atoms with E-state index >= 15 is 0 Å². The van der Waals surface area contributed by atoms with Crippen molar-refractivity contribution >= 4 is 0 Å². The lowest BCUT2D eigenvalue weighted by molar-refractivity contribution is -0.277. The first-order valence-electron chi connectivity index (χ1n) is 5.79. The van der Waals surface area contributed by atoms with Gasteiger partial charge in [0.05, 0.1) is 6.61 Å². The molecule has 1 aromatic rings. The van der Waals surface area contributed by atoms with Crippen molar-refractivity contribution in [1.82, 2.24) is 0 Å². The molecule has 1 aromatic carbocycles. The molecule has 1 saturated heterocycles. The number of aliphatic hydroxyl groups is 4. The fourth-order valence-corrected chi connectivity index (χ4v) is 1.82. The Kier molecular flexibility index (Phi) is 4.23. The average Bonchev–Trinajstić information content (AvgIpc) is 2.42. The molecule has 1 aliphatic heterocycles. The fourth-order valence-electron chi connectivity index (χ4n) is 1.82. The van der Waals surface area contributed by atoms with E-state index in [9.17, 15) is 15.3 Å². The number of phenols is 1. The average molecular weight is 272 g/mol. The van der Waals surface area contributed by atoms with Gasteiger partial charge < -0.3 is 35.0 Å². The minimum absolute atomic E-state index is 0.0566. The van der Waals surface area contributed by atoms with E-state index in [1.807, 2.05) is 0 Å². The highest BCUT2D eigenvalue weighted by Gasteiger charge is 2.44. The van der Waals surface area contributed by atoms with Gasteiger partial charge in [-0.2, -0.15) is 0 Å². The molecule has 0 aliphatic carbocycles. The van der Waals surface area contributed by atoms with Gasteiger partial charge in [-0.3, -0.25) is 0 Å².